The molecule has 3 unspecified atom stereocenters. The van der Waals surface area contributed by atoms with Crippen molar-refractivity contribution < 1.29 is 4.39 Å². The molecule has 3 atom stereocenters. The number of benzene rings is 4. The Kier molecular flexibility index (Phi) is 11.0. The van der Waals surface area contributed by atoms with Gasteiger partial charge in [-0.15, -0.1) is 11.3 Å². The highest BCUT2D eigenvalue weighted by atomic mass is 32.1. The Hall–Kier alpha value is -4.61. The van der Waals surface area contributed by atoms with Crippen LogP contribution in [0.2, 0.25) is 0 Å². The first-order chi connectivity index (χ1) is 33.0. The summed E-state index contributed by atoms with van der Waals surface area (Å²) in [4.78, 5) is 5.48. The summed E-state index contributed by atoms with van der Waals surface area (Å²) in [6.45, 7) is 36.3. The predicted molar refractivity (Wildman–Crippen MR) is 302 cm³/mol. The average Bonchev–Trinajstić information content (AvgIpc) is 3.69. The van der Waals surface area contributed by atoms with E-state index in [1.807, 2.05) is 18.2 Å². The van der Waals surface area contributed by atoms with Crippen molar-refractivity contribution in [1.29, 1.82) is 0 Å². The van der Waals surface area contributed by atoms with Crippen LogP contribution >= 0.6 is 11.3 Å². The summed E-state index contributed by atoms with van der Waals surface area (Å²) in [5.41, 5.74) is 21.3. The van der Waals surface area contributed by atoms with Crippen molar-refractivity contribution in [1.82, 2.24) is 0 Å². The first kappa shape index (κ1) is 47.7. The van der Waals surface area contributed by atoms with E-state index in [1.54, 1.807) is 6.07 Å². The molecule has 0 radical (unpaired) electrons. The largest absolute Gasteiger partial charge is 0.334 e. The molecule has 0 bridgehead atoms. The van der Waals surface area contributed by atoms with E-state index in [4.69, 9.17) is 0 Å². The van der Waals surface area contributed by atoms with Gasteiger partial charge in [-0.05, 0) is 190 Å². The van der Waals surface area contributed by atoms with Crippen molar-refractivity contribution in [3.63, 3.8) is 0 Å². The van der Waals surface area contributed by atoms with E-state index in [9.17, 15) is 0 Å². The van der Waals surface area contributed by atoms with Crippen LogP contribution in [-0.2, 0) is 28.1 Å². The van der Waals surface area contributed by atoms with E-state index in [0.717, 1.165) is 49.8 Å². The number of allylic oxidation sites excluding steroid dienone is 4. The van der Waals surface area contributed by atoms with Gasteiger partial charge in [0.2, 0.25) is 0 Å². The van der Waals surface area contributed by atoms with Crippen LogP contribution in [0, 0.1) is 17.2 Å². The van der Waals surface area contributed by atoms with Gasteiger partial charge in [0.15, 0.2) is 0 Å². The number of hydrogen-bond acceptors (Lipinski definition) is 3. The van der Waals surface area contributed by atoms with Gasteiger partial charge in [0.1, 0.15) is 5.82 Å². The summed E-state index contributed by atoms with van der Waals surface area (Å²) in [5, 5.41) is 1.42. The molecule has 2 nitrogen and oxygen atoms in total. The molecule has 6 aliphatic rings. The van der Waals surface area contributed by atoms with Crippen molar-refractivity contribution in [2.24, 2.45) is 11.3 Å². The summed E-state index contributed by atoms with van der Waals surface area (Å²) in [5.74, 6) is 0.706. The molecule has 3 heterocycles. The molecule has 0 saturated carbocycles. The molecule has 5 aromatic rings. The Labute approximate surface area is 425 Å². The van der Waals surface area contributed by atoms with E-state index >= 15 is 4.39 Å². The Morgan fingerprint density at radius 3 is 2.17 bits per heavy atom. The number of rotatable bonds is 6. The van der Waals surface area contributed by atoms with E-state index in [1.165, 1.54) is 100 Å². The van der Waals surface area contributed by atoms with Crippen molar-refractivity contribution in [3.05, 3.63) is 147 Å². The number of aryl methyl sites for hydroxylation is 1. The van der Waals surface area contributed by atoms with E-state index in [-0.39, 0.29) is 45.6 Å². The second-order valence-corrected chi connectivity index (χ2v) is 27.4. The van der Waals surface area contributed by atoms with Crippen molar-refractivity contribution in [2.45, 2.75) is 189 Å². The summed E-state index contributed by atoms with van der Waals surface area (Å²) in [6, 6.07) is 23.1. The Balaban J connectivity index is 1.28. The molecule has 0 spiro atoms. The molecule has 5 heteroatoms. The van der Waals surface area contributed by atoms with Gasteiger partial charge in [-0.3, -0.25) is 0 Å². The quantitative estimate of drug-likeness (QED) is 0.157. The third-order valence-electron chi connectivity index (χ3n) is 18.9. The van der Waals surface area contributed by atoms with Gasteiger partial charge >= 0.3 is 0 Å². The van der Waals surface area contributed by atoms with Crippen LogP contribution in [0.3, 0.4) is 0 Å². The van der Waals surface area contributed by atoms with Crippen LogP contribution in [-0.4, -0.2) is 12.8 Å². The van der Waals surface area contributed by atoms with Crippen LogP contribution in [0.25, 0.3) is 21.2 Å². The number of hydrogen-bond donors (Lipinski definition) is 0. The summed E-state index contributed by atoms with van der Waals surface area (Å²) >= 11 is 2.07. The number of thiophene rings is 1. The zero-order valence-corrected chi connectivity index (χ0v) is 46.0. The lowest BCUT2D eigenvalue weighted by Crippen LogP contribution is -2.61. The van der Waals surface area contributed by atoms with Crippen LogP contribution in [0.1, 0.15) is 188 Å². The molecule has 4 aliphatic carbocycles. The lowest BCUT2D eigenvalue weighted by Gasteiger charge is -2.51. The zero-order valence-electron chi connectivity index (χ0n) is 45.2. The number of halogens is 1. The normalized spacial score (nSPS) is 23.1. The molecule has 0 N–H and O–H groups in total. The van der Waals surface area contributed by atoms with Gasteiger partial charge in [-0.2, -0.15) is 0 Å². The van der Waals surface area contributed by atoms with Gasteiger partial charge in [0.25, 0.3) is 6.71 Å². The minimum absolute atomic E-state index is 0.0192. The monoisotopic (exact) mass is 949 g/mol. The fourth-order valence-corrected chi connectivity index (χ4v) is 15.2. The minimum atomic E-state index is -0.168. The van der Waals surface area contributed by atoms with Gasteiger partial charge in [0.05, 0.1) is 17.4 Å². The highest BCUT2D eigenvalue weighted by Gasteiger charge is 2.52. The maximum atomic E-state index is 16.7. The van der Waals surface area contributed by atoms with E-state index in [2.05, 4.69) is 186 Å². The molecule has 0 fully saturated rings. The SMILES string of the molecule is CCc1cc2c(cc1C(C)(C)CC)B1C3=C(C=C(C)CC3N(C3=CCC(C(C)(C)C)C=C3)c3c1sc1cc4c(cc31)C(C)(C)CCC4(C)C)N2c1cc2c(cc1-c1ccccc1F)C(C)(C)CCC2C. The molecular weight excluding hydrogens is 871 g/mol. The van der Waals surface area contributed by atoms with Gasteiger partial charge in [0, 0.05) is 43.1 Å². The van der Waals surface area contributed by atoms with Gasteiger partial charge in [-0.1, -0.05) is 139 Å². The molecule has 0 amide bonds. The lowest BCUT2D eigenvalue weighted by atomic mass is 9.33. The second-order valence-electron chi connectivity index (χ2n) is 26.3. The summed E-state index contributed by atoms with van der Waals surface area (Å²) in [6.07, 6.45) is 18.7. The Bertz CT molecular complexity index is 3140. The number of fused-ring (bicyclic) bond motifs is 8. The van der Waals surface area contributed by atoms with Gasteiger partial charge < -0.3 is 9.80 Å². The summed E-state index contributed by atoms with van der Waals surface area (Å²) in [7, 11) is 0. The fourth-order valence-electron chi connectivity index (χ4n) is 13.8. The zero-order chi connectivity index (χ0) is 49.8. The highest BCUT2D eigenvalue weighted by molar-refractivity contribution is 7.32. The number of anilines is 3. The maximum absolute atomic E-state index is 16.7. The minimum Gasteiger partial charge on any atom is -0.334 e. The maximum Gasteiger partial charge on any atom is 0.259 e. The van der Waals surface area contributed by atoms with E-state index in [0.29, 0.717) is 17.4 Å². The third kappa shape index (κ3) is 7.26. The van der Waals surface area contributed by atoms with Crippen LogP contribution in [0.5, 0.6) is 0 Å². The van der Waals surface area contributed by atoms with Gasteiger partial charge in [-0.25, -0.2) is 4.39 Å². The lowest BCUT2D eigenvalue weighted by molar-refractivity contribution is 0.293. The molecule has 0 saturated heterocycles. The molecule has 4 aromatic carbocycles. The number of nitrogens with zero attached hydrogens (tertiary/aromatic N) is 2. The predicted octanol–water partition coefficient (Wildman–Crippen LogP) is 17.1. The average molecular weight is 949 g/mol. The highest BCUT2D eigenvalue weighted by Crippen LogP contribution is 2.56. The molecule has 364 valence electrons. The Morgan fingerprint density at radius 1 is 0.814 bits per heavy atom. The molecular formula is C65H78BFN2S. The first-order valence-corrected chi connectivity index (χ1v) is 27.9. The molecule has 11 rings (SSSR count). The smallest absolute Gasteiger partial charge is 0.259 e. The first-order valence-electron chi connectivity index (χ1n) is 27.1. The van der Waals surface area contributed by atoms with Crippen molar-refractivity contribution >= 4 is 55.4 Å². The molecule has 1 aromatic heterocycles. The fraction of sp³-hybridized carbons (Fsp3) is 0.477. The molecule has 2 aliphatic heterocycles. The summed E-state index contributed by atoms with van der Waals surface area (Å²) < 4.78 is 19.6. The van der Waals surface area contributed by atoms with Crippen LogP contribution in [0.4, 0.5) is 21.5 Å². The van der Waals surface area contributed by atoms with Crippen LogP contribution in [0.15, 0.2) is 107 Å². The van der Waals surface area contributed by atoms with Crippen molar-refractivity contribution in [3.8, 4) is 11.1 Å². The van der Waals surface area contributed by atoms with Crippen molar-refractivity contribution in [2.75, 3.05) is 9.80 Å². The topological polar surface area (TPSA) is 6.48 Å². The standard InChI is InChI=1S/C65H78BFN2S/c1-16-40-32-54-51(36-47(40)62(8,9)17-2)66-58-55(30-38(3)31-56(58)69(54)53-35-44-39(4)26-27-63(10,11)48(44)33-45(53)43-20-18-19-21-52(43)67)68(42-24-22-41(23-25-42)61(5,6)7)59-46-34-49-50(37-57(46)70-60(59)66)65(14,15)29-28-64(49,12)13/h18-22,24-25,31-37,39,41,55H,16-17,23,26-30H2,1-15H3. The Morgan fingerprint density at radius 2 is 1.51 bits per heavy atom. The second kappa shape index (κ2) is 16.2. The van der Waals surface area contributed by atoms with E-state index < -0.39 is 0 Å². The molecule has 70 heavy (non-hydrogen) atoms. The third-order valence-corrected chi connectivity index (χ3v) is 20.1. The van der Waals surface area contributed by atoms with Crippen LogP contribution < -0.4 is 20.0 Å².